The number of aliphatic hydroxyl groups is 1. The van der Waals surface area contributed by atoms with Gasteiger partial charge in [-0.05, 0) is 49.2 Å². The average Bonchev–Trinajstić information content (AvgIpc) is 3.44. The normalized spacial score (nSPS) is 11.3. The molecule has 0 unspecified atom stereocenters. The van der Waals surface area contributed by atoms with Crippen LogP contribution in [-0.4, -0.2) is 48.2 Å². The van der Waals surface area contributed by atoms with Crippen LogP contribution in [0.4, 0.5) is 23.1 Å². The van der Waals surface area contributed by atoms with Crippen LogP contribution in [-0.2, 0) is 7.05 Å². The Balaban J connectivity index is 1.47. The highest BCUT2D eigenvalue weighted by molar-refractivity contribution is 5.93. The summed E-state index contributed by atoms with van der Waals surface area (Å²) in [6.45, 7) is 0.875. The van der Waals surface area contributed by atoms with Crippen LogP contribution in [0.3, 0.4) is 0 Å². The number of rotatable bonds is 8. The number of aryl methyl sites for hydroxylation is 1. The maximum absolute atomic E-state index is 9.27. The minimum Gasteiger partial charge on any atom is -0.396 e. The highest BCUT2D eigenvalue weighted by Crippen LogP contribution is 2.31. The Labute approximate surface area is 184 Å². The van der Waals surface area contributed by atoms with Crippen molar-refractivity contribution in [3.05, 3.63) is 61.1 Å². The molecule has 3 aromatic heterocycles. The first-order valence-electron chi connectivity index (χ1n) is 10.6. The Morgan fingerprint density at radius 1 is 1.12 bits per heavy atom. The fourth-order valence-electron chi connectivity index (χ4n) is 3.86. The maximum Gasteiger partial charge on any atom is 0.229 e. The van der Waals surface area contributed by atoms with Crippen LogP contribution in [0.15, 0.2) is 61.1 Å². The fraction of sp³-hybridized carbons (Fsp3) is 0.217. The Hall–Kier alpha value is -3.98. The lowest BCUT2D eigenvalue weighted by Gasteiger charge is -2.25. The van der Waals surface area contributed by atoms with E-state index in [2.05, 4.69) is 36.6 Å². The summed E-state index contributed by atoms with van der Waals surface area (Å²) in [5, 5.41) is 26.2. The van der Waals surface area contributed by atoms with E-state index >= 15 is 0 Å². The van der Waals surface area contributed by atoms with Gasteiger partial charge in [0.05, 0.1) is 29.1 Å². The molecular formula is C23H24N8O. The van der Waals surface area contributed by atoms with Crippen molar-refractivity contribution >= 4 is 44.9 Å². The van der Waals surface area contributed by atoms with Crippen molar-refractivity contribution in [1.29, 1.82) is 0 Å². The highest BCUT2D eigenvalue weighted by Gasteiger charge is 2.15. The van der Waals surface area contributed by atoms with Crippen molar-refractivity contribution in [2.45, 2.75) is 12.8 Å². The maximum atomic E-state index is 9.27. The molecule has 0 fully saturated rings. The minimum absolute atomic E-state index is 0.164. The largest absolute Gasteiger partial charge is 0.396 e. The summed E-state index contributed by atoms with van der Waals surface area (Å²) in [7, 11) is 1.92. The lowest BCUT2D eigenvalue weighted by Crippen LogP contribution is -2.20. The summed E-state index contributed by atoms with van der Waals surface area (Å²) in [5.74, 6) is 1.29. The third-order valence-corrected chi connectivity index (χ3v) is 5.46. The summed E-state index contributed by atoms with van der Waals surface area (Å²) < 4.78 is 1.84. The molecule has 0 amide bonds. The molecule has 0 saturated heterocycles. The molecule has 162 valence electrons. The van der Waals surface area contributed by atoms with Gasteiger partial charge in [0, 0.05) is 42.9 Å². The SMILES string of the molecule is Cn1ncc2cc(Nc3nccc(N(CCCCO)c4cccc5[nH]ncc45)n3)ccc21. The van der Waals surface area contributed by atoms with Crippen LogP contribution >= 0.6 is 0 Å². The zero-order valence-electron chi connectivity index (χ0n) is 17.7. The zero-order valence-corrected chi connectivity index (χ0v) is 17.7. The summed E-state index contributed by atoms with van der Waals surface area (Å²) in [6.07, 6.45) is 6.97. The van der Waals surface area contributed by atoms with Gasteiger partial charge in [-0.25, -0.2) is 4.98 Å². The predicted octanol–water partition coefficient (Wildman–Crippen LogP) is 3.89. The number of aliphatic hydroxyl groups excluding tert-OH is 1. The van der Waals surface area contributed by atoms with E-state index in [0.29, 0.717) is 12.5 Å². The molecule has 3 N–H and O–H groups in total. The predicted molar refractivity (Wildman–Crippen MR) is 125 cm³/mol. The lowest BCUT2D eigenvalue weighted by atomic mass is 10.2. The van der Waals surface area contributed by atoms with Gasteiger partial charge in [0.15, 0.2) is 0 Å². The van der Waals surface area contributed by atoms with E-state index in [-0.39, 0.29) is 6.61 Å². The van der Waals surface area contributed by atoms with Crippen molar-refractivity contribution in [2.75, 3.05) is 23.4 Å². The molecule has 0 aliphatic heterocycles. The Bertz CT molecular complexity index is 1360. The van der Waals surface area contributed by atoms with Gasteiger partial charge < -0.3 is 15.3 Å². The van der Waals surface area contributed by atoms with Crippen molar-refractivity contribution in [3.63, 3.8) is 0 Å². The number of nitrogens with zero attached hydrogens (tertiary/aromatic N) is 6. The molecule has 2 aromatic carbocycles. The van der Waals surface area contributed by atoms with E-state index in [1.54, 1.807) is 6.20 Å². The van der Waals surface area contributed by atoms with Gasteiger partial charge in [-0.1, -0.05) is 6.07 Å². The van der Waals surface area contributed by atoms with Crippen molar-refractivity contribution < 1.29 is 5.11 Å². The summed E-state index contributed by atoms with van der Waals surface area (Å²) in [5.41, 5.74) is 3.93. The molecule has 32 heavy (non-hydrogen) atoms. The number of fused-ring (bicyclic) bond motifs is 2. The first-order chi connectivity index (χ1) is 15.7. The Morgan fingerprint density at radius 3 is 2.97 bits per heavy atom. The van der Waals surface area contributed by atoms with Gasteiger partial charge in [-0.15, -0.1) is 0 Å². The molecule has 0 bridgehead atoms. The van der Waals surface area contributed by atoms with Crippen LogP contribution in [0.1, 0.15) is 12.8 Å². The van der Waals surface area contributed by atoms with Gasteiger partial charge in [0.25, 0.3) is 0 Å². The number of hydrogen-bond donors (Lipinski definition) is 3. The van der Waals surface area contributed by atoms with E-state index in [4.69, 9.17) is 4.98 Å². The molecule has 3 heterocycles. The van der Waals surface area contributed by atoms with E-state index in [1.807, 2.05) is 60.5 Å². The summed E-state index contributed by atoms with van der Waals surface area (Å²) in [4.78, 5) is 11.3. The van der Waals surface area contributed by atoms with E-state index in [0.717, 1.165) is 51.8 Å². The first kappa shape index (κ1) is 20.0. The topological polar surface area (TPSA) is 108 Å². The smallest absolute Gasteiger partial charge is 0.229 e. The molecule has 0 radical (unpaired) electrons. The number of unbranched alkanes of at least 4 members (excludes halogenated alkanes) is 1. The molecule has 0 atom stereocenters. The lowest BCUT2D eigenvalue weighted by molar-refractivity contribution is 0.285. The monoisotopic (exact) mass is 428 g/mol. The molecule has 0 saturated carbocycles. The van der Waals surface area contributed by atoms with Crippen LogP contribution in [0, 0.1) is 0 Å². The van der Waals surface area contributed by atoms with Gasteiger partial charge in [-0.2, -0.15) is 15.2 Å². The van der Waals surface area contributed by atoms with Crippen LogP contribution in [0.5, 0.6) is 0 Å². The van der Waals surface area contributed by atoms with E-state index < -0.39 is 0 Å². The second-order valence-electron chi connectivity index (χ2n) is 7.60. The van der Waals surface area contributed by atoms with Crippen LogP contribution < -0.4 is 10.2 Å². The standard InChI is InChI=1S/C23H24N8O/c1-30-20-8-7-17(13-16(20)14-26-30)27-23-24-10-9-22(28-23)31(11-2-3-12-32)21-6-4-5-19-18(21)15-25-29-19/h4-10,13-15,32H,2-3,11-12H2,1H3,(H,25,29)(H,24,27,28). The van der Waals surface area contributed by atoms with Crippen molar-refractivity contribution in [1.82, 2.24) is 29.9 Å². The summed E-state index contributed by atoms with van der Waals surface area (Å²) >= 11 is 0. The Morgan fingerprint density at radius 2 is 2.06 bits per heavy atom. The molecule has 0 aliphatic rings. The van der Waals surface area contributed by atoms with E-state index in [9.17, 15) is 5.11 Å². The Kier molecular flexibility index (Phi) is 5.39. The molecule has 0 aliphatic carbocycles. The average molecular weight is 429 g/mol. The molecular weight excluding hydrogens is 404 g/mol. The number of nitrogens with one attached hydrogen (secondary N) is 2. The number of hydrogen-bond acceptors (Lipinski definition) is 7. The van der Waals surface area contributed by atoms with Gasteiger partial charge in [0.2, 0.25) is 5.95 Å². The number of H-pyrrole nitrogens is 1. The van der Waals surface area contributed by atoms with Crippen molar-refractivity contribution in [3.8, 4) is 0 Å². The minimum atomic E-state index is 0.164. The number of benzene rings is 2. The molecule has 5 aromatic rings. The number of aromatic nitrogens is 6. The van der Waals surface area contributed by atoms with E-state index in [1.165, 1.54) is 0 Å². The number of aromatic amines is 1. The number of anilines is 4. The fourth-order valence-corrected chi connectivity index (χ4v) is 3.86. The summed E-state index contributed by atoms with van der Waals surface area (Å²) in [6, 6.07) is 14.0. The molecule has 9 heteroatoms. The third-order valence-electron chi connectivity index (χ3n) is 5.46. The first-order valence-corrected chi connectivity index (χ1v) is 10.6. The van der Waals surface area contributed by atoms with Gasteiger partial charge in [-0.3, -0.25) is 9.78 Å². The molecule has 0 spiro atoms. The quantitative estimate of drug-likeness (QED) is 0.322. The second kappa shape index (κ2) is 8.64. The molecule has 9 nitrogen and oxygen atoms in total. The third kappa shape index (κ3) is 3.85. The van der Waals surface area contributed by atoms with Crippen LogP contribution in [0.25, 0.3) is 21.8 Å². The zero-order chi connectivity index (χ0) is 21.9. The highest BCUT2D eigenvalue weighted by atomic mass is 16.2. The van der Waals surface area contributed by atoms with Crippen LogP contribution in [0.2, 0.25) is 0 Å². The van der Waals surface area contributed by atoms with Gasteiger partial charge in [0.1, 0.15) is 5.82 Å². The van der Waals surface area contributed by atoms with Gasteiger partial charge >= 0.3 is 0 Å². The molecule has 5 rings (SSSR count). The van der Waals surface area contributed by atoms with Crippen molar-refractivity contribution in [2.24, 2.45) is 7.05 Å². The second-order valence-corrected chi connectivity index (χ2v) is 7.60.